The van der Waals surface area contributed by atoms with Crippen LogP contribution in [0.3, 0.4) is 0 Å². The van der Waals surface area contributed by atoms with Crippen LogP contribution in [-0.2, 0) is 47.3 Å². The smallest absolute Gasteiger partial charge is 0.355 e. The van der Waals surface area contributed by atoms with Crippen molar-refractivity contribution in [2.24, 2.45) is 46.3 Å². The summed E-state index contributed by atoms with van der Waals surface area (Å²) in [6.45, 7) is 7.98. The molecule has 0 saturated heterocycles. The summed E-state index contributed by atoms with van der Waals surface area (Å²) in [6, 6.07) is 11.4. The quantitative estimate of drug-likeness (QED) is 0.148. The highest BCUT2D eigenvalue weighted by atomic mass is 16.6. The van der Waals surface area contributed by atoms with Crippen molar-refractivity contribution in [1.82, 2.24) is 9.55 Å². The number of rotatable bonds is 8. The number of aliphatic hydroxyl groups is 2. The van der Waals surface area contributed by atoms with Crippen molar-refractivity contribution >= 4 is 28.8 Å². The molecule has 2 aromatic heterocycles. The molecular weight excluding hydrogens is 725 g/mol. The van der Waals surface area contributed by atoms with E-state index in [1.807, 2.05) is 30.3 Å². The summed E-state index contributed by atoms with van der Waals surface area (Å²) in [5, 5.41) is 23.3. The minimum atomic E-state index is -1.89. The molecule has 11 heteroatoms. The van der Waals surface area contributed by atoms with Gasteiger partial charge in [-0.1, -0.05) is 45.9 Å². The van der Waals surface area contributed by atoms with Crippen LogP contribution in [0.5, 0.6) is 0 Å². The highest BCUT2D eigenvalue weighted by Crippen LogP contribution is 2.68. The van der Waals surface area contributed by atoms with Crippen LogP contribution in [0.25, 0.3) is 22.3 Å². The number of carbonyl (C=O) groups is 3. The Bertz CT molecular complexity index is 2200. The number of nitrogens with zero attached hydrogens (tertiary/aromatic N) is 2. The Labute approximate surface area is 333 Å². The molecule has 6 aliphatic rings. The number of cyclic esters (lactones) is 1. The van der Waals surface area contributed by atoms with Gasteiger partial charge in [-0.2, -0.15) is 0 Å². The van der Waals surface area contributed by atoms with E-state index in [-0.39, 0.29) is 64.9 Å². The molecule has 57 heavy (non-hydrogen) atoms. The maximum Gasteiger partial charge on any atom is 0.355 e. The molecule has 9 unspecified atom stereocenters. The summed E-state index contributed by atoms with van der Waals surface area (Å²) in [5.41, 5.74) is 1.08. The molecule has 0 amide bonds. The Morgan fingerprint density at radius 1 is 1.02 bits per heavy atom. The standard InChI is InChI=1S/C46H56N2O9/c1-5-46(35-20-37-41-27(18-26-8-6-7-9-36(26)47-41)22-48(37)42(53)31(35)23-56-43(46)54)57-40(52)24-55-39(51)15-10-25(2)32-13-14-33-30-12-11-28-19-29(49)16-17-44(28,3)34(30)21-38(50)45(32,33)4/h6-9,18,20,25,28-30,32-34,38,49-50H,5,10-17,19,21-24H2,1-4H3/t25-,28?,29?,30?,32?,33?,34?,38?,44?,45?,46+/m1/s1. The van der Waals surface area contributed by atoms with Crippen LogP contribution in [0.4, 0.5) is 0 Å². The second-order valence-corrected chi connectivity index (χ2v) is 18.8. The zero-order chi connectivity index (χ0) is 40.0. The molecule has 4 saturated carbocycles. The van der Waals surface area contributed by atoms with Gasteiger partial charge in [-0.3, -0.25) is 9.59 Å². The van der Waals surface area contributed by atoms with Gasteiger partial charge in [-0.15, -0.1) is 0 Å². The molecule has 11 nitrogen and oxygen atoms in total. The lowest BCUT2D eigenvalue weighted by atomic mass is 9.43. The number of ether oxygens (including phenoxy) is 3. The van der Waals surface area contributed by atoms with Gasteiger partial charge in [0, 0.05) is 22.9 Å². The Morgan fingerprint density at radius 3 is 2.63 bits per heavy atom. The fourth-order valence-electron chi connectivity index (χ4n) is 13.2. The molecule has 4 heterocycles. The first-order valence-corrected chi connectivity index (χ1v) is 21.4. The van der Waals surface area contributed by atoms with Crippen molar-refractivity contribution in [2.75, 3.05) is 6.61 Å². The van der Waals surface area contributed by atoms with E-state index in [1.54, 1.807) is 17.6 Å². The van der Waals surface area contributed by atoms with Crippen LogP contribution < -0.4 is 5.56 Å². The van der Waals surface area contributed by atoms with Crippen LogP contribution in [0.2, 0.25) is 0 Å². The SMILES string of the molecule is CC[C@@]1(OC(=O)COC(=O)CC[C@@H](C)C2CCC3C4CCC5CC(O)CCC5(C)C4CC(O)C32C)C(=O)OCc2c1cc1n(c2=O)Cc2cc3ccccc3nc2-1. The van der Waals surface area contributed by atoms with E-state index < -0.39 is 36.2 Å². The summed E-state index contributed by atoms with van der Waals surface area (Å²) in [5.74, 6) is 0.243. The minimum absolute atomic E-state index is 0.00842. The normalized spacial score (nSPS) is 35.5. The number of hydrogen-bond acceptors (Lipinski definition) is 10. The summed E-state index contributed by atoms with van der Waals surface area (Å²) in [4.78, 5) is 58.7. The molecule has 9 rings (SSSR count). The third-order valence-corrected chi connectivity index (χ3v) is 16.3. The van der Waals surface area contributed by atoms with Gasteiger partial charge in [-0.05, 0) is 129 Å². The summed E-state index contributed by atoms with van der Waals surface area (Å²) >= 11 is 0. The zero-order valence-electron chi connectivity index (χ0n) is 33.6. The Morgan fingerprint density at radius 2 is 1.82 bits per heavy atom. The van der Waals surface area contributed by atoms with Gasteiger partial charge < -0.3 is 29.0 Å². The lowest BCUT2D eigenvalue weighted by Gasteiger charge is -2.62. The van der Waals surface area contributed by atoms with Crippen molar-refractivity contribution in [1.29, 1.82) is 0 Å². The van der Waals surface area contributed by atoms with E-state index in [9.17, 15) is 29.4 Å². The van der Waals surface area contributed by atoms with Crippen LogP contribution in [0.1, 0.15) is 115 Å². The number of aliphatic hydroxyl groups excluding tert-OH is 2. The maximum atomic E-state index is 13.9. The molecule has 1 aromatic carbocycles. The first kappa shape index (κ1) is 38.4. The van der Waals surface area contributed by atoms with Crippen molar-refractivity contribution in [3.63, 3.8) is 0 Å². The second kappa shape index (κ2) is 14.0. The summed E-state index contributed by atoms with van der Waals surface area (Å²) in [6.07, 6.45) is 8.11. The number of pyridine rings is 2. The maximum absolute atomic E-state index is 13.9. The fraction of sp³-hybridized carbons (Fsp3) is 0.630. The van der Waals surface area contributed by atoms with Gasteiger partial charge in [0.25, 0.3) is 5.56 Å². The average molecular weight is 781 g/mol. The molecule has 4 fully saturated rings. The summed E-state index contributed by atoms with van der Waals surface area (Å²) < 4.78 is 18.4. The van der Waals surface area contributed by atoms with Crippen LogP contribution >= 0.6 is 0 Å². The molecule has 2 N–H and O–H groups in total. The monoisotopic (exact) mass is 780 g/mol. The van der Waals surface area contributed by atoms with Gasteiger partial charge in [-0.25, -0.2) is 14.6 Å². The molecule has 304 valence electrons. The van der Waals surface area contributed by atoms with Crippen LogP contribution in [0, 0.1) is 46.3 Å². The molecule has 4 aliphatic carbocycles. The molecule has 0 radical (unpaired) electrons. The van der Waals surface area contributed by atoms with Crippen molar-refractivity contribution in [3.05, 3.63) is 63.4 Å². The zero-order valence-corrected chi connectivity index (χ0v) is 33.6. The number of hydrogen-bond donors (Lipinski definition) is 2. The van der Waals surface area contributed by atoms with Gasteiger partial charge in [0.05, 0.1) is 41.2 Å². The number of esters is 3. The van der Waals surface area contributed by atoms with Crippen molar-refractivity contribution in [3.8, 4) is 11.4 Å². The fourth-order valence-corrected chi connectivity index (χ4v) is 13.2. The van der Waals surface area contributed by atoms with Gasteiger partial charge >= 0.3 is 17.9 Å². The van der Waals surface area contributed by atoms with Crippen LogP contribution in [-0.4, -0.2) is 56.5 Å². The van der Waals surface area contributed by atoms with E-state index in [1.165, 1.54) is 6.42 Å². The van der Waals surface area contributed by atoms with E-state index in [2.05, 4.69) is 20.8 Å². The molecule has 0 bridgehead atoms. The number of fused-ring (bicyclic) bond motifs is 10. The third-order valence-electron chi connectivity index (χ3n) is 16.3. The highest BCUT2D eigenvalue weighted by Gasteiger charge is 2.63. The number of benzene rings is 1. The van der Waals surface area contributed by atoms with E-state index in [0.29, 0.717) is 48.0 Å². The van der Waals surface area contributed by atoms with Crippen LogP contribution in [0.15, 0.2) is 41.2 Å². The van der Waals surface area contributed by atoms with E-state index >= 15 is 0 Å². The van der Waals surface area contributed by atoms with Crippen molar-refractivity contribution in [2.45, 2.75) is 129 Å². The van der Waals surface area contributed by atoms with Gasteiger partial charge in [0.1, 0.15) is 6.61 Å². The van der Waals surface area contributed by atoms with E-state index in [4.69, 9.17) is 19.2 Å². The number of aromatic nitrogens is 2. The number of para-hydroxylation sites is 1. The molecule has 3 aromatic rings. The molecular formula is C46H56N2O9. The lowest BCUT2D eigenvalue weighted by molar-refractivity contribution is -0.192. The molecule has 2 aliphatic heterocycles. The largest absolute Gasteiger partial charge is 0.457 e. The van der Waals surface area contributed by atoms with E-state index in [0.717, 1.165) is 61.4 Å². The molecule has 0 spiro atoms. The first-order chi connectivity index (χ1) is 27.3. The Balaban J connectivity index is 0.848. The predicted octanol–water partition coefficient (Wildman–Crippen LogP) is 6.58. The first-order valence-electron chi connectivity index (χ1n) is 21.4. The topological polar surface area (TPSA) is 154 Å². The predicted molar refractivity (Wildman–Crippen MR) is 210 cm³/mol. The van der Waals surface area contributed by atoms with Gasteiger partial charge in [0.15, 0.2) is 6.61 Å². The Kier molecular flexibility index (Phi) is 9.46. The lowest BCUT2D eigenvalue weighted by Crippen LogP contribution is -2.58. The third kappa shape index (κ3) is 5.91. The highest BCUT2D eigenvalue weighted by molar-refractivity contribution is 5.89. The Hall–Kier alpha value is -4.09. The number of carbonyl (C=O) groups excluding carboxylic acids is 3. The van der Waals surface area contributed by atoms with Crippen molar-refractivity contribution < 1.29 is 38.8 Å². The summed E-state index contributed by atoms with van der Waals surface area (Å²) in [7, 11) is 0. The average Bonchev–Trinajstić information content (AvgIpc) is 3.75. The molecule has 11 atom stereocenters. The second-order valence-electron chi connectivity index (χ2n) is 18.8. The van der Waals surface area contributed by atoms with Gasteiger partial charge in [0.2, 0.25) is 5.60 Å². The minimum Gasteiger partial charge on any atom is -0.457 e.